The van der Waals surface area contributed by atoms with Gasteiger partial charge in [0.15, 0.2) is 5.17 Å². The summed E-state index contributed by atoms with van der Waals surface area (Å²) in [4.78, 5) is 15.9. The number of hydrogen-bond acceptors (Lipinski definition) is 4. The molecule has 0 aromatic carbocycles. The first-order chi connectivity index (χ1) is 6.86. The monoisotopic (exact) mass is 213 g/mol. The predicted octanol–water partition coefficient (Wildman–Crippen LogP) is 0.205. The molecule has 0 atom stereocenters. The fourth-order valence-corrected chi connectivity index (χ4v) is 2.43. The SMILES string of the molecule is O=C(NC1=NCCS1)C1CCNCC1. The first-order valence-corrected chi connectivity index (χ1v) is 6.03. The van der Waals surface area contributed by atoms with E-state index in [1.807, 2.05) is 0 Å². The molecule has 2 aliphatic rings. The lowest BCUT2D eigenvalue weighted by atomic mass is 9.97. The molecular formula is C9H15N3OS. The lowest BCUT2D eigenvalue weighted by molar-refractivity contribution is -0.124. The first kappa shape index (κ1) is 9.98. The minimum atomic E-state index is 0.152. The quantitative estimate of drug-likeness (QED) is 0.654. The number of hydrogen-bond donors (Lipinski definition) is 2. The van der Waals surface area contributed by atoms with E-state index in [4.69, 9.17) is 0 Å². The number of piperidine rings is 1. The number of amides is 1. The van der Waals surface area contributed by atoms with Gasteiger partial charge < -0.3 is 10.6 Å². The molecule has 2 aliphatic heterocycles. The molecule has 0 spiro atoms. The van der Waals surface area contributed by atoms with Gasteiger partial charge in [0.25, 0.3) is 0 Å². The van der Waals surface area contributed by atoms with E-state index < -0.39 is 0 Å². The molecule has 2 rings (SSSR count). The zero-order valence-electron chi connectivity index (χ0n) is 8.08. The van der Waals surface area contributed by atoms with Gasteiger partial charge in [-0.3, -0.25) is 9.79 Å². The summed E-state index contributed by atoms with van der Waals surface area (Å²) in [5.74, 6) is 1.33. The van der Waals surface area contributed by atoms with Crippen molar-refractivity contribution in [3.63, 3.8) is 0 Å². The van der Waals surface area contributed by atoms with E-state index in [0.29, 0.717) is 0 Å². The summed E-state index contributed by atoms with van der Waals surface area (Å²) in [6.07, 6.45) is 1.90. The average Bonchev–Trinajstić information content (AvgIpc) is 2.72. The number of rotatable bonds is 1. The summed E-state index contributed by atoms with van der Waals surface area (Å²) >= 11 is 1.64. The Morgan fingerprint density at radius 2 is 2.29 bits per heavy atom. The van der Waals surface area contributed by atoms with Crippen LogP contribution in [0, 0.1) is 5.92 Å². The van der Waals surface area contributed by atoms with Crippen molar-refractivity contribution in [1.82, 2.24) is 10.6 Å². The Hall–Kier alpha value is -0.550. The van der Waals surface area contributed by atoms with Crippen LogP contribution in [0.3, 0.4) is 0 Å². The fraction of sp³-hybridized carbons (Fsp3) is 0.778. The molecule has 4 nitrogen and oxygen atoms in total. The maximum absolute atomic E-state index is 11.7. The van der Waals surface area contributed by atoms with Crippen molar-refractivity contribution in [2.75, 3.05) is 25.4 Å². The molecule has 0 radical (unpaired) electrons. The van der Waals surface area contributed by atoms with Gasteiger partial charge in [0.05, 0.1) is 6.54 Å². The summed E-state index contributed by atoms with van der Waals surface area (Å²) < 4.78 is 0. The molecule has 5 heteroatoms. The van der Waals surface area contributed by atoms with Crippen LogP contribution in [0.5, 0.6) is 0 Å². The Morgan fingerprint density at radius 1 is 1.50 bits per heavy atom. The van der Waals surface area contributed by atoms with Crippen molar-refractivity contribution >= 4 is 22.8 Å². The van der Waals surface area contributed by atoms with Crippen molar-refractivity contribution in [3.8, 4) is 0 Å². The maximum atomic E-state index is 11.7. The molecule has 0 bridgehead atoms. The molecule has 1 fully saturated rings. The molecule has 78 valence electrons. The second kappa shape index (κ2) is 4.79. The van der Waals surface area contributed by atoms with E-state index in [-0.39, 0.29) is 11.8 Å². The number of carbonyl (C=O) groups is 1. The molecule has 0 aliphatic carbocycles. The van der Waals surface area contributed by atoms with Gasteiger partial charge in [-0.1, -0.05) is 11.8 Å². The lowest BCUT2D eigenvalue weighted by Crippen LogP contribution is -2.39. The van der Waals surface area contributed by atoms with Crippen molar-refractivity contribution < 1.29 is 4.79 Å². The van der Waals surface area contributed by atoms with Crippen molar-refractivity contribution in [2.45, 2.75) is 12.8 Å². The van der Waals surface area contributed by atoms with Gasteiger partial charge in [-0.15, -0.1) is 0 Å². The van der Waals surface area contributed by atoms with Gasteiger partial charge in [0.2, 0.25) is 5.91 Å². The fourth-order valence-electron chi connectivity index (χ4n) is 1.70. The second-order valence-corrected chi connectivity index (χ2v) is 4.63. The van der Waals surface area contributed by atoms with Crippen LogP contribution in [0.4, 0.5) is 0 Å². The van der Waals surface area contributed by atoms with Gasteiger partial charge in [-0.05, 0) is 25.9 Å². The van der Waals surface area contributed by atoms with Crippen LogP contribution in [0.1, 0.15) is 12.8 Å². The highest BCUT2D eigenvalue weighted by atomic mass is 32.2. The summed E-state index contributed by atoms with van der Waals surface area (Å²) in [5.41, 5.74) is 0. The van der Waals surface area contributed by atoms with Gasteiger partial charge in [0.1, 0.15) is 0 Å². The normalized spacial score (nSPS) is 23.3. The topological polar surface area (TPSA) is 53.5 Å². The average molecular weight is 213 g/mol. The Balaban J connectivity index is 1.81. The standard InChI is InChI=1S/C9H15N3OS/c13-8(7-1-3-10-4-2-7)12-9-11-5-6-14-9/h7,10H,1-6H2,(H,11,12,13). The van der Waals surface area contributed by atoms with Crippen molar-refractivity contribution in [2.24, 2.45) is 10.9 Å². The largest absolute Gasteiger partial charge is 0.317 e. The van der Waals surface area contributed by atoms with E-state index in [1.54, 1.807) is 11.8 Å². The molecule has 1 saturated heterocycles. The Kier molecular flexibility index (Phi) is 3.42. The molecule has 2 N–H and O–H groups in total. The Labute approximate surface area is 87.9 Å². The molecule has 0 aromatic rings. The highest BCUT2D eigenvalue weighted by molar-refractivity contribution is 8.14. The number of carbonyl (C=O) groups excluding carboxylic acids is 1. The number of nitrogens with one attached hydrogen (secondary N) is 2. The summed E-state index contributed by atoms with van der Waals surface area (Å²) in [7, 11) is 0. The molecule has 0 aromatic heterocycles. The van der Waals surface area contributed by atoms with E-state index in [2.05, 4.69) is 15.6 Å². The van der Waals surface area contributed by atoms with Crippen molar-refractivity contribution in [3.05, 3.63) is 0 Å². The van der Waals surface area contributed by atoms with Crippen LogP contribution in [0.15, 0.2) is 4.99 Å². The molecular weight excluding hydrogens is 198 g/mol. The van der Waals surface area contributed by atoms with Gasteiger partial charge in [0, 0.05) is 11.7 Å². The third-order valence-corrected chi connectivity index (χ3v) is 3.42. The lowest BCUT2D eigenvalue weighted by Gasteiger charge is -2.21. The van der Waals surface area contributed by atoms with Crippen LogP contribution >= 0.6 is 11.8 Å². The smallest absolute Gasteiger partial charge is 0.229 e. The Morgan fingerprint density at radius 3 is 2.93 bits per heavy atom. The van der Waals surface area contributed by atoms with Crippen LogP contribution in [-0.2, 0) is 4.79 Å². The highest BCUT2D eigenvalue weighted by Gasteiger charge is 2.22. The highest BCUT2D eigenvalue weighted by Crippen LogP contribution is 2.14. The Bertz CT molecular complexity index is 248. The van der Waals surface area contributed by atoms with Gasteiger partial charge >= 0.3 is 0 Å². The van der Waals surface area contributed by atoms with Gasteiger partial charge in [-0.2, -0.15) is 0 Å². The zero-order chi connectivity index (χ0) is 9.80. The third-order valence-electron chi connectivity index (χ3n) is 2.53. The molecule has 0 unspecified atom stereocenters. The van der Waals surface area contributed by atoms with Crippen LogP contribution in [0.25, 0.3) is 0 Å². The number of nitrogens with zero attached hydrogens (tertiary/aromatic N) is 1. The number of amidine groups is 1. The number of aliphatic imine (C=N–C) groups is 1. The van der Waals surface area contributed by atoms with E-state index >= 15 is 0 Å². The first-order valence-electron chi connectivity index (χ1n) is 5.05. The van der Waals surface area contributed by atoms with Gasteiger partial charge in [-0.25, -0.2) is 0 Å². The maximum Gasteiger partial charge on any atom is 0.229 e. The van der Waals surface area contributed by atoms with Crippen LogP contribution in [0.2, 0.25) is 0 Å². The van der Waals surface area contributed by atoms with Crippen molar-refractivity contribution in [1.29, 1.82) is 0 Å². The van der Waals surface area contributed by atoms with E-state index in [1.165, 1.54) is 0 Å². The molecule has 14 heavy (non-hydrogen) atoms. The number of thioether (sulfide) groups is 1. The summed E-state index contributed by atoms with van der Waals surface area (Å²) in [6, 6.07) is 0. The molecule has 0 saturated carbocycles. The minimum absolute atomic E-state index is 0.152. The molecule has 2 heterocycles. The summed E-state index contributed by atoms with van der Waals surface area (Å²) in [6.45, 7) is 2.75. The van der Waals surface area contributed by atoms with E-state index in [9.17, 15) is 4.79 Å². The zero-order valence-corrected chi connectivity index (χ0v) is 8.90. The third kappa shape index (κ3) is 2.48. The van der Waals surface area contributed by atoms with Crippen LogP contribution in [-0.4, -0.2) is 36.5 Å². The predicted molar refractivity (Wildman–Crippen MR) is 58.5 cm³/mol. The van der Waals surface area contributed by atoms with Crippen LogP contribution < -0.4 is 10.6 Å². The van der Waals surface area contributed by atoms with E-state index in [0.717, 1.165) is 43.4 Å². The molecule has 1 amide bonds. The second-order valence-electron chi connectivity index (χ2n) is 3.55. The summed E-state index contributed by atoms with van der Waals surface area (Å²) in [5, 5.41) is 6.96. The minimum Gasteiger partial charge on any atom is -0.317 e.